The number of rotatable bonds is 5. The maximum absolute atomic E-state index is 13.3. The molecule has 0 saturated carbocycles. The SMILES string of the molecule is CCC(CNC(=O)Nc1ccc(F)c(F)c1F)C(=O)O. The van der Waals surface area contributed by atoms with Gasteiger partial charge in [0.1, 0.15) is 0 Å². The van der Waals surface area contributed by atoms with Gasteiger partial charge >= 0.3 is 12.0 Å². The van der Waals surface area contributed by atoms with E-state index < -0.39 is 41.1 Å². The first-order chi connectivity index (χ1) is 9.36. The molecular weight excluding hydrogens is 277 g/mol. The molecule has 2 amide bonds. The highest BCUT2D eigenvalue weighted by atomic mass is 19.2. The monoisotopic (exact) mass is 290 g/mol. The lowest BCUT2D eigenvalue weighted by Gasteiger charge is -2.12. The fraction of sp³-hybridized carbons (Fsp3) is 0.333. The first-order valence-corrected chi connectivity index (χ1v) is 5.78. The summed E-state index contributed by atoms with van der Waals surface area (Å²) in [5.41, 5.74) is -0.537. The molecule has 0 bridgehead atoms. The first kappa shape index (κ1) is 15.8. The molecule has 0 aromatic heterocycles. The molecule has 1 aromatic rings. The molecule has 0 saturated heterocycles. The number of halogens is 3. The van der Waals surface area contributed by atoms with Gasteiger partial charge in [0.15, 0.2) is 17.5 Å². The minimum absolute atomic E-state index is 0.164. The number of carbonyl (C=O) groups excluding carboxylic acids is 1. The molecule has 0 aliphatic rings. The maximum Gasteiger partial charge on any atom is 0.319 e. The molecule has 3 N–H and O–H groups in total. The number of carbonyl (C=O) groups is 2. The third kappa shape index (κ3) is 3.87. The van der Waals surface area contributed by atoms with Crippen LogP contribution in [0.4, 0.5) is 23.7 Å². The summed E-state index contributed by atoms with van der Waals surface area (Å²) in [6, 6.07) is 0.622. The standard InChI is InChI=1S/C12H13F3N2O3/c1-2-6(11(18)19)5-16-12(20)17-8-4-3-7(13)9(14)10(8)15/h3-4,6H,2,5H2,1H3,(H,18,19)(H2,16,17,20). The van der Waals surface area contributed by atoms with Gasteiger partial charge in [0.25, 0.3) is 0 Å². The minimum Gasteiger partial charge on any atom is -0.481 e. The van der Waals surface area contributed by atoms with Gasteiger partial charge in [-0.15, -0.1) is 0 Å². The van der Waals surface area contributed by atoms with Crippen LogP contribution in [-0.4, -0.2) is 23.7 Å². The fourth-order valence-corrected chi connectivity index (χ4v) is 1.41. The number of aliphatic carboxylic acids is 1. The summed E-state index contributed by atoms with van der Waals surface area (Å²) in [7, 11) is 0. The molecule has 1 atom stereocenters. The Morgan fingerprint density at radius 1 is 1.25 bits per heavy atom. The van der Waals surface area contributed by atoms with E-state index in [0.717, 1.165) is 6.07 Å². The molecule has 0 fully saturated rings. The second-order valence-electron chi connectivity index (χ2n) is 4.00. The molecule has 1 unspecified atom stereocenters. The van der Waals surface area contributed by atoms with Crippen molar-refractivity contribution in [3.05, 3.63) is 29.6 Å². The summed E-state index contributed by atoms with van der Waals surface area (Å²) < 4.78 is 38.9. The molecule has 1 aromatic carbocycles. The second kappa shape index (κ2) is 6.78. The van der Waals surface area contributed by atoms with E-state index in [1.54, 1.807) is 6.92 Å². The van der Waals surface area contributed by atoms with Crippen molar-refractivity contribution in [1.82, 2.24) is 5.32 Å². The van der Waals surface area contributed by atoms with Crippen molar-refractivity contribution in [2.45, 2.75) is 13.3 Å². The first-order valence-electron chi connectivity index (χ1n) is 5.78. The predicted molar refractivity (Wildman–Crippen MR) is 64.8 cm³/mol. The van der Waals surface area contributed by atoms with E-state index in [1.165, 1.54) is 0 Å². The lowest BCUT2D eigenvalue weighted by Crippen LogP contribution is -2.35. The highest BCUT2D eigenvalue weighted by Gasteiger charge is 2.18. The van der Waals surface area contributed by atoms with Crippen LogP contribution in [0.5, 0.6) is 0 Å². The zero-order valence-corrected chi connectivity index (χ0v) is 10.5. The number of urea groups is 1. The van der Waals surface area contributed by atoms with E-state index in [-0.39, 0.29) is 6.54 Å². The van der Waals surface area contributed by atoms with Gasteiger partial charge in [-0.05, 0) is 18.6 Å². The fourth-order valence-electron chi connectivity index (χ4n) is 1.41. The number of hydrogen-bond donors (Lipinski definition) is 3. The van der Waals surface area contributed by atoms with Gasteiger partial charge in [-0.25, -0.2) is 18.0 Å². The zero-order valence-electron chi connectivity index (χ0n) is 10.5. The Morgan fingerprint density at radius 2 is 1.90 bits per heavy atom. The van der Waals surface area contributed by atoms with E-state index in [0.29, 0.717) is 12.5 Å². The summed E-state index contributed by atoms with van der Waals surface area (Å²) in [6.07, 6.45) is 0.301. The van der Waals surface area contributed by atoms with Crippen molar-refractivity contribution in [3.63, 3.8) is 0 Å². The molecule has 5 nitrogen and oxygen atoms in total. The molecule has 8 heteroatoms. The molecule has 0 spiro atoms. The van der Waals surface area contributed by atoms with Gasteiger partial charge in [-0.3, -0.25) is 4.79 Å². The number of anilines is 1. The summed E-state index contributed by atoms with van der Waals surface area (Å²) in [5.74, 6) is -6.45. The number of amides is 2. The van der Waals surface area contributed by atoms with E-state index in [2.05, 4.69) is 5.32 Å². The predicted octanol–water partition coefficient (Wildman–Crippen LogP) is 2.34. The quantitative estimate of drug-likeness (QED) is 0.728. The van der Waals surface area contributed by atoms with Crippen LogP contribution in [0.1, 0.15) is 13.3 Å². The van der Waals surface area contributed by atoms with Crippen LogP contribution in [0.15, 0.2) is 12.1 Å². The second-order valence-corrected chi connectivity index (χ2v) is 4.00. The lowest BCUT2D eigenvalue weighted by atomic mass is 10.1. The van der Waals surface area contributed by atoms with Crippen molar-refractivity contribution in [3.8, 4) is 0 Å². The largest absolute Gasteiger partial charge is 0.481 e. The summed E-state index contributed by atoms with van der Waals surface area (Å²) >= 11 is 0. The van der Waals surface area contributed by atoms with Crippen LogP contribution in [0.3, 0.4) is 0 Å². The van der Waals surface area contributed by atoms with Crippen molar-refractivity contribution in [1.29, 1.82) is 0 Å². The van der Waals surface area contributed by atoms with Crippen LogP contribution in [0, 0.1) is 23.4 Å². The third-order valence-electron chi connectivity index (χ3n) is 2.63. The Labute approximate surface area is 112 Å². The Kier molecular flexibility index (Phi) is 5.36. The maximum atomic E-state index is 13.3. The zero-order chi connectivity index (χ0) is 15.3. The summed E-state index contributed by atoms with van der Waals surface area (Å²) in [4.78, 5) is 22.1. The Morgan fingerprint density at radius 3 is 2.45 bits per heavy atom. The molecule has 20 heavy (non-hydrogen) atoms. The van der Waals surface area contributed by atoms with E-state index in [9.17, 15) is 22.8 Å². The summed E-state index contributed by atoms with van der Waals surface area (Å²) in [5, 5.41) is 12.9. The Hall–Kier alpha value is -2.25. The highest BCUT2D eigenvalue weighted by Crippen LogP contribution is 2.19. The minimum atomic E-state index is -1.69. The van der Waals surface area contributed by atoms with Crippen LogP contribution >= 0.6 is 0 Å². The van der Waals surface area contributed by atoms with E-state index in [4.69, 9.17) is 5.11 Å². The summed E-state index contributed by atoms with van der Waals surface area (Å²) in [6.45, 7) is 1.47. The van der Waals surface area contributed by atoms with Gasteiger partial charge in [-0.1, -0.05) is 6.92 Å². The average molecular weight is 290 g/mol. The Bertz CT molecular complexity index is 523. The number of hydrogen-bond acceptors (Lipinski definition) is 2. The van der Waals surface area contributed by atoms with Gasteiger partial charge in [-0.2, -0.15) is 0 Å². The van der Waals surface area contributed by atoms with Crippen molar-refractivity contribution >= 4 is 17.7 Å². The molecule has 1 rings (SSSR count). The molecule has 110 valence electrons. The van der Waals surface area contributed by atoms with Gasteiger partial charge in [0.05, 0.1) is 11.6 Å². The van der Waals surface area contributed by atoms with E-state index in [1.807, 2.05) is 5.32 Å². The number of carboxylic acids is 1. The van der Waals surface area contributed by atoms with Gasteiger partial charge in [0.2, 0.25) is 0 Å². The third-order valence-corrected chi connectivity index (χ3v) is 2.63. The van der Waals surface area contributed by atoms with E-state index >= 15 is 0 Å². The topological polar surface area (TPSA) is 78.4 Å². The van der Waals surface area contributed by atoms with Gasteiger partial charge in [0, 0.05) is 6.54 Å². The molecular formula is C12H13F3N2O3. The molecule has 0 radical (unpaired) electrons. The van der Waals surface area contributed by atoms with Crippen molar-refractivity contribution in [2.24, 2.45) is 5.92 Å². The van der Waals surface area contributed by atoms with Crippen LogP contribution < -0.4 is 10.6 Å². The molecule has 0 aliphatic heterocycles. The highest BCUT2D eigenvalue weighted by molar-refractivity contribution is 5.89. The van der Waals surface area contributed by atoms with Crippen LogP contribution in [0.25, 0.3) is 0 Å². The number of benzene rings is 1. The van der Waals surface area contributed by atoms with Gasteiger partial charge < -0.3 is 15.7 Å². The average Bonchev–Trinajstić information content (AvgIpc) is 2.40. The lowest BCUT2D eigenvalue weighted by molar-refractivity contribution is -0.141. The van der Waals surface area contributed by atoms with Crippen LogP contribution in [0.2, 0.25) is 0 Å². The normalized spacial score (nSPS) is 11.8. The molecule has 0 heterocycles. The van der Waals surface area contributed by atoms with Crippen LogP contribution in [-0.2, 0) is 4.79 Å². The number of nitrogens with one attached hydrogen (secondary N) is 2. The number of carboxylic acid groups (broad SMARTS) is 1. The van der Waals surface area contributed by atoms with Crippen molar-refractivity contribution in [2.75, 3.05) is 11.9 Å². The van der Waals surface area contributed by atoms with Crippen molar-refractivity contribution < 1.29 is 27.9 Å². The smallest absolute Gasteiger partial charge is 0.319 e. The molecule has 0 aliphatic carbocycles. The Balaban J connectivity index is 2.63.